The van der Waals surface area contributed by atoms with Crippen LogP contribution in [-0.2, 0) is 16.4 Å². The second-order valence-electron chi connectivity index (χ2n) is 3.24. The predicted molar refractivity (Wildman–Crippen MR) is 51.4 cm³/mol. The standard InChI is InChI=1S/C8H14N2O2S/c1-7-8(2)10(6-9-7)4-5-13(3,11)12/h6H,4-5H2,1-3H3. The molecule has 1 aromatic heterocycles. The smallest absolute Gasteiger partial charge is 0.149 e. The molecule has 0 unspecified atom stereocenters. The Morgan fingerprint density at radius 2 is 2.08 bits per heavy atom. The van der Waals surface area contributed by atoms with Gasteiger partial charge in [-0.2, -0.15) is 0 Å². The van der Waals surface area contributed by atoms with Crippen molar-refractivity contribution >= 4 is 9.84 Å². The van der Waals surface area contributed by atoms with Gasteiger partial charge in [-0.05, 0) is 13.8 Å². The van der Waals surface area contributed by atoms with Crippen LogP contribution in [0, 0.1) is 13.8 Å². The normalized spacial score (nSPS) is 11.9. The molecule has 0 spiro atoms. The number of imidazole rings is 1. The summed E-state index contributed by atoms with van der Waals surface area (Å²) >= 11 is 0. The first kappa shape index (κ1) is 10.2. The fourth-order valence-electron chi connectivity index (χ4n) is 1.03. The molecule has 4 nitrogen and oxygen atoms in total. The quantitative estimate of drug-likeness (QED) is 0.719. The third kappa shape index (κ3) is 2.84. The van der Waals surface area contributed by atoms with Crippen molar-refractivity contribution in [1.29, 1.82) is 0 Å². The summed E-state index contributed by atoms with van der Waals surface area (Å²) in [6, 6.07) is 0. The maximum Gasteiger partial charge on any atom is 0.149 e. The van der Waals surface area contributed by atoms with Crippen LogP contribution in [0.2, 0.25) is 0 Å². The predicted octanol–water partition coefficient (Wildman–Crippen LogP) is 0.545. The van der Waals surface area contributed by atoms with Crippen LogP contribution in [0.4, 0.5) is 0 Å². The zero-order valence-electron chi connectivity index (χ0n) is 8.11. The first-order valence-electron chi connectivity index (χ1n) is 4.06. The SMILES string of the molecule is Cc1ncn(CCS(C)(=O)=O)c1C. The van der Waals surface area contributed by atoms with Crippen molar-refractivity contribution in [2.45, 2.75) is 20.4 Å². The van der Waals surface area contributed by atoms with E-state index in [2.05, 4.69) is 4.98 Å². The molecular weight excluding hydrogens is 188 g/mol. The Balaban J connectivity index is 2.71. The number of hydrogen-bond donors (Lipinski definition) is 0. The monoisotopic (exact) mass is 202 g/mol. The topological polar surface area (TPSA) is 52.0 Å². The molecule has 0 bridgehead atoms. The first-order valence-corrected chi connectivity index (χ1v) is 6.12. The average Bonchev–Trinajstić information content (AvgIpc) is 2.29. The van der Waals surface area contributed by atoms with E-state index in [1.165, 1.54) is 6.26 Å². The summed E-state index contributed by atoms with van der Waals surface area (Å²) in [7, 11) is -2.88. The Kier molecular flexibility index (Phi) is 2.75. The fourth-order valence-corrected chi connectivity index (χ4v) is 1.56. The maximum absolute atomic E-state index is 10.9. The summed E-state index contributed by atoms with van der Waals surface area (Å²) < 4.78 is 23.6. The first-order chi connectivity index (χ1) is 5.90. The molecule has 0 atom stereocenters. The van der Waals surface area contributed by atoms with Gasteiger partial charge in [0.25, 0.3) is 0 Å². The van der Waals surface area contributed by atoms with Crippen LogP contribution < -0.4 is 0 Å². The van der Waals surface area contributed by atoms with Gasteiger partial charge in [-0.25, -0.2) is 13.4 Å². The molecule has 0 aliphatic heterocycles. The van der Waals surface area contributed by atoms with Gasteiger partial charge in [0.2, 0.25) is 0 Å². The third-order valence-electron chi connectivity index (χ3n) is 2.05. The fraction of sp³-hybridized carbons (Fsp3) is 0.625. The van der Waals surface area contributed by atoms with Gasteiger partial charge in [-0.15, -0.1) is 0 Å². The van der Waals surface area contributed by atoms with Crippen LogP contribution in [0.5, 0.6) is 0 Å². The number of aryl methyl sites for hydroxylation is 2. The molecule has 0 N–H and O–H groups in total. The summed E-state index contributed by atoms with van der Waals surface area (Å²) in [5.41, 5.74) is 1.98. The molecule has 74 valence electrons. The lowest BCUT2D eigenvalue weighted by molar-refractivity contribution is 0.593. The summed E-state index contributed by atoms with van der Waals surface area (Å²) in [6.07, 6.45) is 2.92. The minimum atomic E-state index is -2.88. The van der Waals surface area contributed by atoms with Gasteiger partial charge in [0.1, 0.15) is 9.84 Å². The van der Waals surface area contributed by atoms with E-state index < -0.39 is 9.84 Å². The highest BCUT2D eigenvalue weighted by Gasteiger charge is 2.05. The summed E-state index contributed by atoms with van der Waals surface area (Å²) in [5, 5.41) is 0. The number of sulfone groups is 1. The highest BCUT2D eigenvalue weighted by molar-refractivity contribution is 7.90. The van der Waals surface area contributed by atoms with Crippen LogP contribution in [0.25, 0.3) is 0 Å². The van der Waals surface area contributed by atoms with Gasteiger partial charge in [0.05, 0.1) is 17.8 Å². The highest BCUT2D eigenvalue weighted by atomic mass is 32.2. The van der Waals surface area contributed by atoms with Gasteiger partial charge in [-0.1, -0.05) is 0 Å². The van der Waals surface area contributed by atoms with E-state index in [-0.39, 0.29) is 5.75 Å². The summed E-state index contributed by atoms with van der Waals surface area (Å²) in [5.74, 6) is 0.170. The van der Waals surface area contributed by atoms with Gasteiger partial charge >= 0.3 is 0 Å². The van der Waals surface area contributed by atoms with E-state index in [1.54, 1.807) is 6.33 Å². The lowest BCUT2D eigenvalue weighted by Gasteiger charge is -2.03. The average molecular weight is 202 g/mol. The van der Waals surface area contributed by atoms with Crippen molar-refractivity contribution in [3.8, 4) is 0 Å². The minimum absolute atomic E-state index is 0.170. The molecule has 0 fully saturated rings. The minimum Gasteiger partial charge on any atom is -0.334 e. The zero-order valence-corrected chi connectivity index (χ0v) is 8.93. The summed E-state index contributed by atoms with van der Waals surface area (Å²) in [6.45, 7) is 4.34. The lowest BCUT2D eigenvalue weighted by atomic mass is 10.4. The van der Waals surface area contributed by atoms with Crippen molar-refractivity contribution in [3.63, 3.8) is 0 Å². The molecule has 0 aromatic carbocycles. The Bertz CT molecular complexity index is 392. The Morgan fingerprint density at radius 1 is 1.46 bits per heavy atom. The van der Waals surface area contributed by atoms with Crippen molar-refractivity contribution < 1.29 is 8.42 Å². The van der Waals surface area contributed by atoms with E-state index in [0.29, 0.717) is 6.54 Å². The number of hydrogen-bond acceptors (Lipinski definition) is 3. The van der Waals surface area contributed by atoms with Crippen molar-refractivity contribution in [3.05, 3.63) is 17.7 Å². The highest BCUT2D eigenvalue weighted by Crippen LogP contribution is 2.04. The van der Waals surface area contributed by atoms with E-state index in [0.717, 1.165) is 11.4 Å². The lowest BCUT2D eigenvalue weighted by Crippen LogP contribution is -2.11. The van der Waals surface area contributed by atoms with Gasteiger partial charge < -0.3 is 4.57 Å². The van der Waals surface area contributed by atoms with Gasteiger partial charge in [0, 0.05) is 18.5 Å². The molecule has 0 amide bonds. The van der Waals surface area contributed by atoms with Crippen molar-refractivity contribution in [1.82, 2.24) is 9.55 Å². The Hall–Kier alpha value is -0.840. The van der Waals surface area contributed by atoms with E-state index >= 15 is 0 Å². The number of aromatic nitrogens is 2. The molecule has 13 heavy (non-hydrogen) atoms. The Morgan fingerprint density at radius 3 is 2.46 bits per heavy atom. The zero-order chi connectivity index (χ0) is 10.1. The molecule has 0 radical (unpaired) electrons. The molecule has 0 aliphatic carbocycles. The maximum atomic E-state index is 10.9. The second-order valence-corrected chi connectivity index (χ2v) is 5.50. The molecule has 0 aliphatic rings. The molecule has 1 rings (SSSR count). The van der Waals surface area contributed by atoms with Crippen LogP contribution in [0.15, 0.2) is 6.33 Å². The van der Waals surface area contributed by atoms with E-state index in [1.807, 2.05) is 18.4 Å². The molecular formula is C8H14N2O2S. The van der Waals surface area contributed by atoms with Gasteiger partial charge in [0.15, 0.2) is 0 Å². The second kappa shape index (κ2) is 3.49. The van der Waals surface area contributed by atoms with E-state index in [9.17, 15) is 8.42 Å². The Labute approximate surface area is 78.5 Å². The molecule has 1 heterocycles. The third-order valence-corrected chi connectivity index (χ3v) is 2.97. The van der Waals surface area contributed by atoms with Crippen LogP contribution in [0.3, 0.4) is 0 Å². The number of rotatable bonds is 3. The molecule has 1 aromatic rings. The largest absolute Gasteiger partial charge is 0.334 e. The van der Waals surface area contributed by atoms with E-state index in [4.69, 9.17) is 0 Å². The van der Waals surface area contributed by atoms with Crippen LogP contribution in [0.1, 0.15) is 11.4 Å². The molecule has 0 saturated carbocycles. The van der Waals surface area contributed by atoms with Crippen molar-refractivity contribution in [2.24, 2.45) is 0 Å². The van der Waals surface area contributed by atoms with Crippen LogP contribution in [-0.4, -0.2) is 30.0 Å². The summed E-state index contributed by atoms with van der Waals surface area (Å²) in [4.78, 5) is 4.08. The van der Waals surface area contributed by atoms with Crippen molar-refractivity contribution in [2.75, 3.05) is 12.0 Å². The molecule has 5 heteroatoms. The number of nitrogens with zero attached hydrogens (tertiary/aromatic N) is 2. The van der Waals surface area contributed by atoms with Gasteiger partial charge in [-0.3, -0.25) is 0 Å². The molecule has 0 saturated heterocycles. The van der Waals surface area contributed by atoms with Crippen LogP contribution >= 0.6 is 0 Å².